The molecule has 21 heavy (non-hydrogen) atoms. The summed E-state index contributed by atoms with van der Waals surface area (Å²) in [6.07, 6.45) is 0. The van der Waals surface area contributed by atoms with Crippen molar-refractivity contribution in [3.8, 4) is 28.8 Å². The van der Waals surface area contributed by atoms with Crippen LogP contribution in [0.3, 0.4) is 0 Å². The summed E-state index contributed by atoms with van der Waals surface area (Å²) in [5.41, 5.74) is 1.72. The molecule has 3 aromatic rings. The Balaban J connectivity index is 2.11. The molecule has 0 bridgehead atoms. The lowest BCUT2D eigenvalue weighted by molar-refractivity contribution is 0.0893. The molecule has 0 unspecified atom stereocenters. The van der Waals surface area contributed by atoms with Crippen LogP contribution in [0.25, 0.3) is 22.8 Å². The topological polar surface area (TPSA) is 68.1 Å². The van der Waals surface area contributed by atoms with Gasteiger partial charge in [-0.05, 0) is 0 Å². The van der Waals surface area contributed by atoms with Crippen molar-refractivity contribution < 1.29 is 9.84 Å². The van der Waals surface area contributed by atoms with Gasteiger partial charge in [0.2, 0.25) is 0 Å². The first-order valence-electron chi connectivity index (χ1n) is 6.47. The first-order valence-corrected chi connectivity index (χ1v) is 6.47. The van der Waals surface area contributed by atoms with E-state index in [2.05, 4.69) is 15.0 Å². The predicted molar refractivity (Wildman–Crippen MR) is 78.4 cm³/mol. The molecule has 1 heterocycles. The maximum Gasteiger partial charge on any atom is 0.322 e. The molecule has 0 atom stereocenters. The molecule has 1 N–H and O–H groups in total. The number of benzene rings is 2. The quantitative estimate of drug-likeness (QED) is 0.743. The lowest BCUT2D eigenvalue weighted by atomic mass is 10.2. The zero-order valence-corrected chi connectivity index (χ0v) is 11.2. The fraction of sp³-hybridized carbons (Fsp3) is 0.0625. The molecular weight excluding hydrogens is 266 g/mol. The molecule has 1 aromatic heterocycles. The molecule has 0 saturated heterocycles. The van der Waals surface area contributed by atoms with E-state index in [4.69, 9.17) is 9.84 Å². The van der Waals surface area contributed by atoms with Crippen molar-refractivity contribution in [2.75, 3.05) is 6.79 Å². The number of aliphatic hydroxyl groups excluding tert-OH is 1. The van der Waals surface area contributed by atoms with Crippen molar-refractivity contribution in [1.29, 1.82) is 0 Å². The molecule has 0 amide bonds. The highest BCUT2D eigenvalue weighted by molar-refractivity contribution is 5.61. The molecule has 0 saturated carbocycles. The maximum absolute atomic E-state index is 8.92. The number of aliphatic hydroxyl groups is 1. The van der Waals surface area contributed by atoms with Crippen LogP contribution in [0, 0.1) is 0 Å². The molecular formula is C16H13N3O2. The molecule has 0 aliphatic heterocycles. The summed E-state index contributed by atoms with van der Waals surface area (Å²) < 4.78 is 5.02. The van der Waals surface area contributed by atoms with Crippen LogP contribution in [0.15, 0.2) is 60.7 Å². The van der Waals surface area contributed by atoms with Gasteiger partial charge in [-0.25, -0.2) is 4.98 Å². The lowest BCUT2D eigenvalue weighted by Crippen LogP contribution is -2.04. The van der Waals surface area contributed by atoms with Gasteiger partial charge >= 0.3 is 6.01 Å². The average Bonchev–Trinajstić information content (AvgIpc) is 2.56. The summed E-state index contributed by atoms with van der Waals surface area (Å²) in [5, 5.41) is 8.92. The summed E-state index contributed by atoms with van der Waals surface area (Å²) in [5.74, 6) is 1.01. The minimum Gasteiger partial charge on any atom is -0.436 e. The number of ether oxygens (including phenoxy) is 1. The molecule has 0 fully saturated rings. The summed E-state index contributed by atoms with van der Waals surface area (Å²) in [4.78, 5) is 12.9. The fourth-order valence-corrected chi connectivity index (χ4v) is 1.91. The highest BCUT2D eigenvalue weighted by Crippen LogP contribution is 2.21. The van der Waals surface area contributed by atoms with Crippen LogP contribution in [-0.2, 0) is 0 Å². The SMILES string of the molecule is OCOc1nc(-c2ccccc2)nc(-c2ccccc2)n1. The third-order valence-corrected chi connectivity index (χ3v) is 2.87. The molecule has 104 valence electrons. The Hall–Kier alpha value is -2.79. The Kier molecular flexibility index (Phi) is 3.84. The maximum atomic E-state index is 8.92. The van der Waals surface area contributed by atoms with Gasteiger partial charge in [0.25, 0.3) is 0 Å². The van der Waals surface area contributed by atoms with Gasteiger partial charge < -0.3 is 9.84 Å². The first-order chi connectivity index (χ1) is 10.4. The number of rotatable bonds is 4. The summed E-state index contributed by atoms with van der Waals surface area (Å²) >= 11 is 0. The third-order valence-electron chi connectivity index (χ3n) is 2.87. The van der Waals surface area contributed by atoms with E-state index in [1.807, 2.05) is 60.7 Å². The monoisotopic (exact) mass is 279 g/mol. The molecule has 0 aliphatic rings. The number of hydrogen-bond donors (Lipinski definition) is 1. The van der Waals surface area contributed by atoms with E-state index in [0.717, 1.165) is 11.1 Å². The van der Waals surface area contributed by atoms with Crippen molar-refractivity contribution in [2.45, 2.75) is 0 Å². The Morgan fingerprint density at radius 3 is 1.62 bits per heavy atom. The van der Waals surface area contributed by atoms with E-state index < -0.39 is 6.79 Å². The normalized spacial score (nSPS) is 10.3. The summed E-state index contributed by atoms with van der Waals surface area (Å²) in [6, 6.07) is 19.2. The Bertz CT molecular complexity index is 660. The average molecular weight is 279 g/mol. The number of nitrogens with zero attached hydrogens (tertiary/aromatic N) is 3. The van der Waals surface area contributed by atoms with E-state index >= 15 is 0 Å². The van der Waals surface area contributed by atoms with Gasteiger partial charge in [-0.2, -0.15) is 9.97 Å². The van der Waals surface area contributed by atoms with E-state index in [1.165, 1.54) is 0 Å². The van der Waals surface area contributed by atoms with Gasteiger partial charge in [0.05, 0.1) is 0 Å². The molecule has 3 rings (SSSR count). The smallest absolute Gasteiger partial charge is 0.322 e. The molecule has 5 nitrogen and oxygen atoms in total. The molecule has 0 radical (unpaired) electrons. The number of hydrogen-bond acceptors (Lipinski definition) is 5. The van der Waals surface area contributed by atoms with Crippen LogP contribution in [0.2, 0.25) is 0 Å². The highest BCUT2D eigenvalue weighted by Gasteiger charge is 2.10. The van der Waals surface area contributed by atoms with E-state index in [9.17, 15) is 0 Å². The van der Waals surface area contributed by atoms with Gasteiger partial charge in [-0.15, -0.1) is 0 Å². The van der Waals surface area contributed by atoms with Crippen LogP contribution in [0.1, 0.15) is 0 Å². The van der Waals surface area contributed by atoms with Gasteiger partial charge in [-0.3, -0.25) is 0 Å². The summed E-state index contributed by atoms with van der Waals surface area (Å²) in [7, 11) is 0. The molecule has 0 spiro atoms. The number of aromatic nitrogens is 3. The molecule has 2 aromatic carbocycles. The zero-order chi connectivity index (χ0) is 14.5. The third kappa shape index (κ3) is 3.04. The van der Waals surface area contributed by atoms with Crippen LogP contribution in [0.4, 0.5) is 0 Å². The van der Waals surface area contributed by atoms with Crippen LogP contribution >= 0.6 is 0 Å². The van der Waals surface area contributed by atoms with Gasteiger partial charge in [-0.1, -0.05) is 60.7 Å². The lowest BCUT2D eigenvalue weighted by Gasteiger charge is -2.07. The first kappa shape index (κ1) is 13.2. The largest absolute Gasteiger partial charge is 0.436 e. The summed E-state index contributed by atoms with van der Waals surface area (Å²) in [6.45, 7) is -0.480. The minimum absolute atomic E-state index is 0.102. The molecule has 5 heteroatoms. The van der Waals surface area contributed by atoms with Crippen molar-refractivity contribution in [3.05, 3.63) is 60.7 Å². The van der Waals surface area contributed by atoms with Crippen LogP contribution in [-0.4, -0.2) is 26.9 Å². The van der Waals surface area contributed by atoms with Crippen molar-refractivity contribution in [2.24, 2.45) is 0 Å². The minimum atomic E-state index is -0.480. The fourth-order valence-electron chi connectivity index (χ4n) is 1.91. The second-order valence-corrected chi connectivity index (χ2v) is 4.27. The van der Waals surface area contributed by atoms with Crippen molar-refractivity contribution >= 4 is 0 Å². The Morgan fingerprint density at radius 1 is 0.714 bits per heavy atom. The Labute approximate surface area is 121 Å². The molecule has 0 aliphatic carbocycles. The van der Waals surface area contributed by atoms with Crippen molar-refractivity contribution in [3.63, 3.8) is 0 Å². The van der Waals surface area contributed by atoms with E-state index in [-0.39, 0.29) is 6.01 Å². The Morgan fingerprint density at radius 2 is 1.19 bits per heavy atom. The van der Waals surface area contributed by atoms with Crippen LogP contribution < -0.4 is 4.74 Å². The van der Waals surface area contributed by atoms with Gasteiger partial charge in [0.1, 0.15) is 0 Å². The van der Waals surface area contributed by atoms with Crippen LogP contribution in [0.5, 0.6) is 6.01 Å². The van der Waals surface area contributed by atoms with Gasteiger partial charge in [0.15, 0.2) is 18.4 Å². The van der Waals surface area contributed by atoms with Gasteiger partial charge in [0, 0.05) is 11.1 Å². The van der Waals surface area contributed by atoms with E-state index in [0.29, 0.717) is 11.6 Å². The van der Waals surface area contributed by atoms with Crippen molar-refractivity contribution in [1.82, 2.24) is 15.0 Å². The highest BCUT2D eigenvalue weighted by atomic mass is 16.6. The standard InChI is InChI=1S/C16H13N3O2/c20-11-21-16-18-14(12-7-3-1-4-8-12)17-15(19-16)13-9-5-2-6-10-13/h1-10,20H,11H2. The van der Waals surface area contributed by atoms with E-state index in [1.54, 1.807) is 0 Å². The predicted octanol–water partition coefficient (Wildman–Crippen LogP) is 2.53. The zero-order valence-electron chi connectivity index (χ0n) is 11.2. The second-order valence-electron chi connectivity index (χ2n) is 4.27. The second kappa shape index (κ2) is 6.11.